The molecule has 0 saturated carbocycles. The van der Waals surface area contributed by atoms with Crippen LogP contribution in [0.25, 0.3) is 16.9 Å². The van der Waals surface area contributed by atoms with E-state index < -0.39 is 11.9 Å². The van der Waals surface area contributed by atoms with Crippen molar-refractivity contribution in [1.29, 1.82) is 0 Å². The lowest BCUT2D eigenvalue weighted by atomic mass is 10.3. The molecule has 0 aliphatic rings. The van der Waals surface area contributed by atoms with E-state index in [1.54, 1.807) is 4.57 Å². The van der Waals surface area contributed by atoms with Crippen LogP contribution in [0.3, 0.4) is 0 Å². The van der Waals surface area contributed by atoms with Crippen LogP contribution in [0.2, 0.25) is 0 Å². The van der Waals surface area contributed by atoms with Crippen LogP contribution in [0.15, 0.2) is 48.8 Å². The molecule has 3 aromatic rings. The van der Waals surface area contributed by atoms with Crippen LogP contribution in [0.1, 0.15) is 5.69 Å². The minimum atomic E-state index is -4.45. The van der Waals surface area contributed by atoms with Crippen molar-refractivity contribution in [3.8, 4) is 5.69 Å². The Morgan fingerprint density at radius 3 is 2.37 bits per heavy atom. The smallest absolute Gasteiger partial charge is 0.297 e. The van der Waals surface area contributed by atoms with Crippen molar-refractivity contribution in [3.63, 3.8) is 0 Å². The fraction of sp³-hybridized carbons (Fsp3) is 0.0769. The summed E-state index contributed by atoms with van der Waals surface area (Å²) in [5, 5.41) is 0. The highest BCUT2D eigenvalue weighted by molar-refractivity contribution is 5.73. The van der Waals surface area contributed by atoms with Gasteiger partial charge in [-0.25, -0.2) is 9.97 Å². The summed E-state index contributed by atoms with van der Waals surface area (Å²) >= 11 is 0. The third-order valence-electron chi connectivity index (χ3n) is 2.73. The van der Waals surface area contributed by atoms with Crippen LogP contribution in [0.4, 0.5) is 13.2 Å². The molecule has 0 aliphatic heterocycles. The van der Waals surface area contributed by atoms with Crippen LogP contribution in [0.5, 0.6) is 0 Å². The molecule has 0 amide bonds. The van der Waals surface area contributed by atoms with Crippen molar-refractivity contribution in [3.05, 3.63) is 54.5 Å². The molecule has 0 spiro atoms. The van der Waals surface area contributed by atoms with Gasteiger partial charge in [0, 0.05) is 5.69 Å². The summed E-state index contributed by atoms with van der Waals surface area (Å²) in [6.07, 6.45) is -2.99. The average Bonchev–Trinajstić information content (AvgIpc) is 2.81. The summed E-state index contributed by atoms with van der Waals surface area (Å²) in [5.41, 5.74) is 0.516. The molecule has 0 saturated heterocycles. The Kier molecular flexibility index (Phi) is 2.51. The van der Waals surface area contributed by atoms with Crippen molar-refractivity contribution in [2.75, 3.05) is 0 Å². The largest absolute Gasteiger partial charge is 0.433 e. The summed E-state index contributed by atoms with van der Waals surface area (Å²) in [5.74, 6) is 0. The van der Waals surface area contributed by atoms with E-state index in [9.17, 15) is 13.2 Å². The van der Waals surface area contributed by atoms with E-state index in [1.807, 2.05) is 30.3 Å². The molecule has 3 nitrogen and oxygen atoms in total. The number of fused-ring (bicyclic) bond motifs is 1. The molecule has 2 aromatic heterocycles. The maximum Gasteiger partial charge on any atom is 0.433 e. The standard InChI is InChI=1S/C13H8F3N3/c14-13(15,16)11-7-6-10-12(18-11)17-8-19(10)9-4-2-1-3-5-9/h1-8H. The zero-order valence-corrected chi connectivity index (χ0v) is 9.59. The molecule has 0 atom stereocenters. The summed E-state index contributed by atoms with van der Waals surface area (Å²) in [7, 11) is 0. The second-order valence-corrected chi connectivity index (χ2v) is 3.99. The second-order valence-electron chi connectivity index (χ2n) is 3.99. The van der Waals surface area contributed by atoms with E-state index >= 15 is 0 Å². The first kappa shape index (κ1) is 11.7. The SMILES string of the molecule is FC(F)(F)c1ccc2c(ncn2-c2ccccc2)n1. The molecule has 0 N–H and O–H groups in total. The number of halogens is 3. The van der Waals surface area contributed by atoms with Gasteiger partial charge in [0.2, 0.25) is 0 Å². The summed E-state index contributed by atoms with van der Waals surface area (Å²) in [6, 6.07) is 11.6. The Morgan fingerprint density at radius 1 is 0.947 bits per heavy atom. The normalized spacial score (nSPS) is 11.9. The maximum atomic E-state index is 12.5. The lowest BCUT2D eigenvalue weighted by Crippen LogP contribution is -2.07. The minimum absolute atomic E-state index is 0.0821. The van der Waals surface area contributed by atoms with Gasteiger partial charge in [0.1, 0.15) is 12.0 Å². The van der Waals surface area contributed by atoms with Gasteiger partial charge in [0.05, 0.1) is 5.52 Å². The highest BCUT2D eigenvalue weighted by Gasteiger charge is 2.32. The number of nitrogens with zero attached hydrogens (tertiary/aromatic N) is 3. The van der Waals surface area contributed by atoms with E-state index in [4.69, 9.17) is 0 Å². The fourth-order valence-corrected chi connectivity index (χ4v) is 1.85. The molecule has 2 heterocycles. The number of rotatable bonds is 1. The lowest BCUT2D eigenvalue weighted by molar-refractivity contribution is -0.141. The van der Waals surface area contributed by atoms with E-state index in [0.717, 1.165) is 11.8 Å². The zero-order valence-electron chi connectivity index (χ0n) is 9.59. The molecule has 96 valence electrons. The van der Waals surface area contributed by atoms with Gasteiger partial charge in [-0.1, -0.05) is 18.2 Å². The minimum Gasteiger partial charge on any atom is -0.297 e. The highest BCUT2D eigenvalue weighted by Crippen LogP contribution is 2.29. The van der Waals surface area contributed by atoms with E-state index in [-0.39, 0.29) is 5.65 Å². The van der Waals surface area contributed by atoms with Crippen LogP contribution < -0.4 is 0 Å². The zero-order chi connectivity index (χ0) is 13.5. The van der Waals surface area contributed by atoms with Gasteiger partial charge in [0.15, 0.2) is 5.65 Å². The molecular formula is C13H8F3N3. The number of imidazole rings is 1. The predicted octanol–water partition coefficient (Wildman–Crippen LogP) is 3.44. The number of para-hydroxylation sites is 1. The van der Waals surface area contributed by atoms with Gasteiger partial charge >= 0.3 is 6.18 Å². The fourth-order valence-electron chi connectivity index (χ4n) is 1.85. The van der Waals surface area contributed by atoms with Crippen LogP contribution in [0, 0.1) is 0 Å². The third kappa shape index (κ3) is 2.05. The number of hydrogen-bond donors (Lipinski definition) is 0. The van der Waals surface area contributed by atoms with Crippen molar-refractivity contribution in [1.82, 2.24) is 14.5 Å². The summed E-state index contributed by atoms with van der Waals surface area (Å²) < 4.78 is 39.3. The van der Waals surface area contributed by atoms with Gasteiger partial charge in [-0.15, -0.1) is 0 Å². The van der Waals surface area contributed by atoms with E-state index in [1.165, 1.54) is 12.4 Å². The van der Waals surface area contributed by atoms with Gasteiger partial charge in [-0.05, 0) is 24.3 Å². The van der Waals surface area contributed by atoms with Crippen LogP contribution in [-0.2, 0) is 6.18 Å². The summed E-state index contributed by atoms with van der Waals surface area (Å²) in [4.78, 5) is 7.46. The Morgan fingerprint density at radius 2 is 1.68 bits per heavy atom. The first-order valence-electron chi connectivity index (χ1n) is 5.52. The van der Waals surface area contributed by atoms with E-state index in [0.29, 0.717) is 5.52 Å². The number of alkyl halides is 3. The molecular weight excluding hydrogens is 255 g/mol. The highest BCUT2D eigenvalue weighted by atomic mass is 19.4. The Labute approximate surface area is 106 Å². The topological polar surface area (TPSA) is 30.7 Å². The Bertz CT molecular complexity index is 717. The van der Waals surface area contributed by atoms with Crippen molar-refractivity contribution >= 4 is 11.2 Å². The van der Waals surface area contributed by atoms with Crippen LogP contribution >= 0.6 is 0 Å². The van der Waals surface area contributed by atoms with Gasteiger partial charge < -0.3 is 0 Å². The van der Waals surface area contributed by atoms with Gasteiger partial charge in [0.25, 0.3) is 0 Å². The third-order valence-corrected chi connectivity index (χ3v) is 2.73. The molecule has 0 fully saturated rings. The first-order valence-corrected chi connectivity index (χ1v) is 5.52. The number of aromatic nitrogens is 3. The van der Waals surface area contributed by atoms with E-state index in [2.05, 4.69) is 9.97 Å². The number of hydrogen-bond acceptors (Lipinski definition) is 2. The second kappa shape index (κ2) is 4.08. The molecule has 6 heteroatoms. The van der Waals surface area contributed by atoms with Crippen LogP contribution in [-0.4, -0.2) is 14.5 Å². The monoisotopic (exact) mass is 263 g/mol. The van der Waals surface area contributed by atoms with Gasteiger partial charge in [-0.3, -0.25) is 4.57 Å². The first-order chi connectivity index (χ1) is 9.05. The van der Waals surface area contributed by atoms with Crippen molar-refractivity contribution in [2.24, 2.45) is 0 Å². The number of pyridine rings is 1. The molecule has 0 radical (unpaired) electrons. The lowest BCUT2D eigenvalue weighted by Gasteiger charge is -2.06. The number of benzene rings is 1. The van der Waals surface area contributed by atoms with Crippen molar-refractivity contribution in [2.45, 2.75) is 6.18 Å². The Balaban J connectivity index is 2.16. The molecule has 1 aromatic carbocycles. The Hall–Kier alpha value is -2.37. The molecule has 3 rings (SSSR count). The average molecular weight is 263 g/mol. The quantitative estimate of drug-likeness (QED) is 0.673. The molecule has 0 aliphatic carbocycles. The predicted molar refractivity (Wildman–Crippen MR) is 63.9 cm³/mol. The molecule has 19 heavy (non-hydrogen) atoms. The summed E-state index contributed by atoms with van der Waals surface area (Å²) in [6.45, 7) is 0. The van der Waals surface area contributed by atoms with Gasteiger partial charge in [-0.2, -0.15) is 13.2 Å². The van der Waals surface area contributed by atoms with Crippen molar-refractivity contribution < 1.29 is 13.2 Å². The molecule has 0 unspecified atom stereocenters. The molecule has 0 bridgehead atoms. The maximum absolute atomic E-state index is 12.5.